The largest absolute Gasteiger partial charge is 0.490 e. The van der Waals surface area contributed by atoms with Gasteiger partial charge in [0.1, 0.15) is 10.9 Å². The van der Waals surface area contributed by atoms with Crippen molar-refractivity contribution in [2.45, 2.75) is 19.6 Å². The van der Waals surface area contributed by atoms with E-state index < -0.39 is 12.0 Å². The Balaban J connectivity index is 1.62. The number of methoxy groups -OCH3 is 1. The zero-order valence-corrected chi connectivity index (χ0v) is 24.5. The van der Waals surface area contributed by atoms with Gasteiger partial charge in [-0.3, -0.25) is 9.69 Å². The average molecular weight is 633 g/mol. The van der Waals surface area contributed by atoms with Crippen molar-refractivity contribution in [3.8, 4) is 11.5 Å². The third kappa shape index (κ3) is 6.40. The molecular weight excluding hydrogens is 610 g/mol. The van der Waals surface area contributed by atoms with Gasteiger partial charge in [-0.25, -0.2) is 4.79 Å². The van der Waals surface area contributed by atoms with Crippen molar-refractivity contribution >= 4 is 73.8 Å². The van der Waals surface area contributed by atoms with Gasteiger partial charge in [-0.2, -0.15) is 0 Å². The lowest BCUT2D eigenvalue weighted by molar-refractivity contribution is -0.148. The first-order valence-corrected chi connectivity index (χ1v) is 13.9. The smallest absolute Gasteiger partial charge is 0.333 e. The number of halogens is 2. The molecule has 10 heteroatoms. The number of thioether (sulfide) groups is 1. The van der Waals surface area contributed by atoms with Crippen LogP contribution < -0.4 is 9.47 Å². The van der Waals surface area contributed by atoms with Crippen molar-refractivity contribution in [3.63, 3.8) is 0 Å². The molecule has 1 atom stereocenters. The minimum absolute atomic E-state index is 0.271. The standard InChI is InChI=1S/C28H23BrClNO5S2/c1-3-35-22-14-18(13-21(29)25(22)36-16-17-9-11-20(30)12-10-17)15-23-26(32)31(28(37)38-23)24(27(33)34-2)19-7-5-4-6-8-19/h4-15,24H,3,16H2,1-2H3/b23-15-. The minimum atomic E-state index is -0.978. The summed E-state index contributed by atoms with van der Waals surface area (Å²) in [5.74, 6) is 0.115. The molecule has 4 rings (SSSR count). The molecule has 6 nitrogen and oxygen atoms in total. The summed E-state index contributed by atoms with van der Waals surface area (Å²) in [5.41, 5.74) is 2.27. The maximum Gasteiger partial charge on any atom is 0.333 e. The lowest BCUT2D eigenvalue weighted by Crippen LogP contribution is -2.37. The number of amides is 1. The topological polar surface area (TPSA) is 65.1 Å². The highest BCUT2D eigenvalue weighted by molar-refractivity contribution is 9.10. The highest BCUT2D eigenvalue weighted by Gasteiger charge is 2.41. The molecule has 0 spiro atoms. The van der Waals surface area contributed by atoms with Gasteiger partial charge in [0.15, 0.2) is 17.5 Å². The van der Waals surface area contributed by atoms with Gasteiger partial charge in [0, 0.05) is 5.02 Å². The summed E-state index contributed by atoms with van der Waals surface area (Å²) in [5, 5.41) is 0.654. The van der Waals surface area contributed by atoms with Gasteiger partial charge in [0.25, 0.3) is 5.91 Å². The second-order valence-electron chi connectivity index (χ2n) is 8.07. The van der Waals surface area contributed by atoms with Crippen molar-refractivity contribution in [1.29, 1.82) is 0 Å². The predicted molar refractivity (Wildman–Crippen MR) is 157 cm³/mol. The highest BCUT2D eigenvalue weighted by Crippen LogP contribution is 2.41. The zero-order valence-electron chi connectivity index (χ0n) is 20.5. The lowest BCUT2D eigenvalue weighted by atomic mass is 10.1. The van der Waals surface area contributed by atoms with Gasteiger partial charge < -0.3 is 14.2 Å². The number of hydrogen-bond acceptors (Lipinski definition) is 7. The summed E-state index contributed by atoms with van der Waals surface area (Å²) in [7, 11) is 1.29. The van der Waals surface area contributed by atoms with E-state index in [1.807, 2.05) is 31.2 Å². The number of nitrogens with zero attached hydrogens (tertiary/aromatic N) is 1. The Kier molecular flexibility index (Phi) is 9.49. The quantitative estimate of drug-likeness (QED) is 0.141. The van der Waals surface area contributed by atoms with Gasteiger partial charge in [-0.05, 0) is 69.9 Å². The molecule has 1 amide bonds. The summed E-state index contributed by atoms with van der Waals surface area (Å²) in [6.07, 6.45) is 1.72. The fourth-order valence-electron chi connectivity index (χ4n) is 3.80. The number of thiocarbonyl (C=S) groups is 1. The molecular formula is C28H23BrClNO5S2. The van der Waals surface area contributed by atoms with Crippen LogP contribution in [0.5, 0.6) is 11.5 Å². The Morgan fingerprint density at radius 3 is 2.50 bits per heavy atom. The predicted octanol–water partition coefficient (Wildman–Crippen LogP) is 7.20. The van der Waals surface area contributed by atoms with Crippen LogP contribution in [-0.2, 0) is 20.9 Å². The number of hydrogen-bond donors (Lipinski definition) is 0. The molecule has 0 aromatic heterocycles. The molecule has 0 radical (unpaired) electrons. The molecule has 0 N–H and O–H groups in total. The van der Waals surface area contributed by atoms with E-state index >= 15 is 0 Å². The van der Waals surface area contributed by atoms with E-state index in [0.29, 0.717) is 50.2 Å². The summed E-state index contributed by atoms with van der Waals surface area (Å²) < 4.78 is 17.8. The number of rotatable bonds is 9. The normalized spacial score (nSPS) is 15.1. The van der Waals surface area contributed by atoms with Crippen LogP contribution in [0.3, 0.4) is 0 Å². The molecule has 1 saturated heterocycles. The molecule has 3 aromatic carbocycles. The highest BCUT2D eigenvalue weighted by atomic mass is 79.9. The van der Waals surface area contributed by atoms with Crippen LogP contribution in [-0.4, -0.2) is 34.8 Å². The third-order valence-electron chi connectivity index (χ3n) is 5.55. The first-order chi connectivity index (χ1) is 18.3. The second-order valence-corrected chi connectivity index (χ2v) is 11.0. The summed E-state index contributed by atoms with van der Waals surface area (Å²) in [4.78, 5) is 27.8. The van der Waals surface area contributed by atoms with E-state index in [0.717, 1.165) is 17.3 Å². The van der Waals surface area contributed by atoms with Crippen LogP contribution in [0.1, 0.15) is 29.7 Å². The van der Waals surface area contributed by atoms with E-state index in [4.69, 9.17) is 38.0 Å². The first-order valence-electron chi connectivity index (χ1n) is 11.6. The van der Waals surface area contributed by atoms with Crippen molar-refractivity contribution in [1.82, 2.24) is 4.90 Å². The van der Waals surface area contributed by atoms with Crippen molar-refractivity contribution < 1.29 is 23.8 Å². The van der Waals surface area contributed by atoms with Crippen LogP contribution in [0.4, 0.5) is 0 Å². The minimum Gasteiger partial charge on any atom is -0.490 e. The molecule has 1 aliphatic heterocycles. The van der Waals surface area contributed by atoms with Crippen LogP contribution in [0, 0.1) is 0 Å². The van der Waals surface area contributed by atoms with Gasteiger partial charge in [0.2, 0.25) is 0 Å². The van der Waals surface area contributed by atoms with E-state index in [-0.39, 0.29) is 10.2 Å². The first kappa shape index (κ1) is 28.2. The van der Waals surface area contributed by atoms with Gasteiger partial charge >= 0.3 is 5.97 Å². The van der Waals surface area contributed by atoms with Crippen molar-refractivity contribution in [2.75, 3.05) is 13.7 Å². The Morgan fingerprint density at radius 1 is 1.13 bits per heavy atom. The molecule has 0 bridgehead atoms. The second kappa shape index (κ2) is 12.8. The number of carbonyl (C=O) groups excluding carboxylic acids is 2. The molecule has 38 heavy (non-hydrogen) atoms. The van der Waals surface area contributed by atoms with E-state index in [1.165, 1.54) is 12.0 Å². The van der Waals surface area contributed by atoms with E-state index in [1.54, 1.807) is 48.5 Å². The maximum absolute atomic E-state index is 13.5. The van der Waals surface area contributed by atoms with Gasteiger partial charge in [0.05, 0.1) is 23.1 Å². The van der Waals surface area contributed by atoms with Crippen LogP contribution in [0.25, 0.3) is 6.08 Å². The van der Waals surface area contributed by atoms with Crippen molar-refractivity contribution in [2.24, 2.45) is 0 Å². The molecule has 1 heterocycles. The van der Waals surface area contributed by atoms with Gasteiger partial charge in [-0.1, -0.05) is 78.0 Å². The molecule has 196 valence electrons. The molecule has 0 aliphatic carbocycles. The Bertz CT molecular complexity index is 1380. The monoisotopic (exact) mass is 631 g/mol. The number of ether oxygens (including phenoxy) is 3. The van der Waals surface area contributed by atoms with Gasteiger partial charge in [-0.15, -0.1) is 0 Å². The zero-order chi connectivity index (χ0) is 27.2. The molecule has 1 fully saturated rings. The third-order valence-corrected chi connectivity index (χ3v) is 7.72. The number of benzene rings is 3. The fourth-order valence-corrected chi connectivity index (χ4v) is 5.81. The Morgan fingerprint density at radius 2 is 1.84 bits per heavy atom. The van der Waals surface area contributed by atoms with Crippen LogP contribution >= 0.6 is 51.5 Å². The number of esters is 1. The summed E-state index contributed by atoms with van der Waals surface area (Å²) in [6.45, 7) is 2.63. The summed E-state index contributed by atoms with van der Waals surface area (Å²) >= 11 is 16.2. The Hall–Kier alpha value is -2.85. The van der Waals surface area contributed by atoms with Crippen molar-refractivity contribution in [3.05, 3.63) is 97.8 Å². The van der Waals surface area contributed by atoms with Crippen LogP contribution in [0.2, 0.25) is 5.02 Å². The molecule has 3 aromatic rings. The maximum atomic E-state index is 13.5. The number of carbonyl (C=O) groups is 2. The van der Waals surface area contributed by atoms with E-state index in [2.05, 4.69) is 15.9 Å². The van der Waals surface area contributed by atoms with E-state index in [9.17, 15) is 9.59 Å². The van der Waals surface area contributed by atoms with Crippen LogP contribution in [0.15, 0.2) is 76.1 Å². The Labute approximate surface area is 244 Å². The fraction of sp³-hybridized carbons (Fsp3) is 0.179. The average Bonchev–Trinajstić information content (AvgIpc) is 3.18. The molecule has 0 saturated carbocycles. The summed E-state index contributed by atoms with van der Waals surface area (Å²) in [6, 6.07) is 19.0. The lowest BCUT2D eigenvalue weighted by Gasteiger charge is -2.24. The molecule has 1 unspecified atom stereocenters. The molecule has 1 aliphatic rings. The SMILES string of the molecule is CCOc1cc(/C=C2\SC(=S)N(C(C(=O)OC)c3ccccc3)C2=O)cc(Br)c1OCc1ccc(Cl)cc1.